The van der Waals surface area contributed by atoms with Crippen LogP contribution < -0.4 is 14.8 Å². The third-order valence-electron chi connectivity index (χ3n) is 3.49. The van der Waals surface area contributed by atoms with Gasteiger partial charge in [0.25, 0.3) is 5.91 Å². The van der Waals surface area contributed by atoms with Crippen molar-refractivity contribution in [2.75, 3.05) is 19.5 Å². The molecule has 0 saturated carbocycles. The van der Waals surface area contributed by atoms with Crippen molar-refractivity contribution >= 4 is 23.2 Å². The zero-order chi connectivity index (χ0) is 17.8. The molecule has 3 rings (SSSR count). The van der Waals surface area contributed by atoms with Crippen LogP contribution in [0.4, 0.5) is 5.69 Å². The highest BCUT2D eigenvalue weighted by molar-refractivity contribution is 6.31. The van der Waals surface area contributed by atoms with Crippen LogP contribution in [0, 0.1) is 0 Å². The Morgan fingerprint density at radius 1 is 1.12 bits per heavy atom. The van der Waals surface area contributed by atoms with Gasteiger partial charge in [-0.2, -0.15) is 5.10 Å². The van der Waals surface area contributed by atoms with Crippen LogP contribution in [0.15, 0.2) is 49.1 Å². The molecule has 0 spiro atoms. The molecule has 0 aliphatic rings. The number of hydrogen-bond acceptors (Lipinski definition) is 5. The number of methoxy groups -OCH3 is 2. The number of aromatic nitrogens is 3. The first-order valence-corrected chi connectivity index (χ1v) is 7.67. The highest BCUT2D eigenvalue weighted by Crippen LogP contribution is 2.26. The van der Waals surface area contributed by atoms with Gasteiger partial charge in [-0.3, -0.25) is 4.79 Å². The van der Waals surface area contributed by atoms with Crippen LogP contribution in [-0.2, 0) is 0 Å². The van der Waals surface area contributed by atoms with E-state index in [-0.39, 0.29) is 5.91 Å². The Kier molecular flexibility index (Phi) is 4.85. The monoisotopic (exact) mass is 358 g/mol. The summed E-state index contributed by atoms with van der Waals surface area (Å²) in [4.78, 5) is 16.6. The Hall–Kier alpha value is -3.06. The van der Waals surface area contributed by atoms with Gasteiger partial charge in [-0.25, -0.2) is 9.67 Å². The van der Waals surface area contributed by atoms with E-state index in [0.29, 0.717) is 33.5 Å². The average Bonchev–Trinajstić information content (AvgIpc) is 3.15. The molecule has 0 fully saturated rings. The highest BCUT2D eigenvalue weighted by Gasteiger charge is 2.14. The number of amides is 1. The van der Waals surface area contributed by atoms with Crippen molar-refractivity contribution < 1.29 is 14.3 Å². The second kappa shape index (κ2) is 7.23. The Labute approximate surface area is 149 Å². The molecule has 0 saturated heterocycles. The van der Waals surface area contributed by atoms with Gasteiger partial charge in [0.1, 0.15) is 24.2 Å². The van der Waals surface area contributed by atoms with Crippen molar-refractivity contribution in [2.24, 2.45) is 0 Å². The number of hydrogen-bond donors (Lipinski definition) is 1. The molecule has 128 valence electrons. The van der Waals surface area contributed by atoms with Crippen LogP contribution in [0.5, 0.6) is 11.5 Å². The molecule has 25 heavy (non-hydrogen) atoms. The lowest BCUT2D eigenvalue weighted by atomic mass is 10.1. The largest absolute Gasteiger partial charge is 0.497 e. The molecule has 1 amide bonds. The quantitative estimate of drug-likeness (QED) is 0.757. The second-order valence-corrected chi connectivity index (χ2v) is 5.49. The summed E-state index contributed by atoms with van der Waals surface area (Å²) >= 11 is 6.07. The molecule has 7 nitrogen and oxygen atoms in total. The Bertz CT molecular complexity index is 875. The van der Waals surface area contributed by atoms with Crippen LogP contribution in [0.1, 0.15) is 10.4 Å². The molecule has 0 unspecified atom stereocenters. The predicted molar refractivity (Wildman–Crippen MR) is 93.9 cm³/mol. The van der Waals surface area contributed by atoms with Crippen molar-refractivity contribution in [3.05, 3.63) is 59.6 Å². The fourth-order valence-electron chi connectivity index (χ4n) is 2.27. The zero-order valence-corrected chi connectivity index (χ0v) is 14.3. The number of carbonyl (C=O) groups is 1. The maximum absolute atomic E-state index is 12.7. The van der Waals surface area contributed by atoms with E-state index in [1.54, 1.807) is 36.4 Å². The third-order valence-corrected chi connectivity index (χ3v) is 3.72. The second-order valence-electron chi connectivity index (χ2n) is 5.06. The smallest absolute Gasteiger partial charge is 0.255 e. The molecule has 8 heteroatoms. The molecule has 0 radical (unpaired) electrons. The minimum absolute atomic E-state index is 0.333. The van der Waals surface area contributed by atoms with Gasteiger partial charge in [0.05, 0.1) is 25.6 Å². The number of anilines is 1. The predicted octanol–water partition coefficient (Wildman–Crippen LogP) is 3.19. The van der Waals surface area contributed by atoms with Gasteiger partial charge in [-0.1, -0.05) is 11.6 Å². The van der Waals surface area contributed by atoms with E-state index in [4.69, 9.17) is 21.1 Å². The average molecular weight is 359 g/mol. The SMILES string of the molecule is COc1cc(OC)cc(C(=O)Nc2cc(Cl)ccc2-n2cncn2)c1. The van der Waals surface area contributed by atoms with E-state index >= 15 is 0 Å². The Balaban J connectivity index is 1.95. The van der Waals surface area contributed by atoms with Crippen molar-refractivity contribution in [3.8, 4) is 17.2 Å². The molecule has 1 N–H and O–H groups in total. The summed E-state index contributed by atoms with van der Waals surface area (Å²) in [5.41, 5.74) is 1.54. The summed E-state index contributed by atoms with van der Waals surface area (Å²) in [6.07, 6.45) is 2.95. The van der Waals surface area contributed by atoms with E-state index in [2.05, 4.69) is 15.4 Å². The summed E-state index contributed by atoms with van der Waals surface area (Å²) in [5.74, 6) is 0.708. The summed E-state index contributed by atoms with van der Waals surface area (Å²) in [7, 11) is 3.05. The first-order chi connectivity index (χ1) is 12.1. The summed E-state index contributed by atoms with van der Waals surface area (Å²) < 4.78 is 11.9. The topological polar surface area (TPSA) is 78.3 Å². The lowest BCUT2D eigenvalue weighted by Crippen LogP contribution is -2.14. The van der Waals surface area contributed by atoms with Gasteiger partial charge in [0.15, 0.2) is 0 Å². The lowest BCUT2D eigenvalue weighted by molar-refractivity contribution is 0.102. The van der Waals surface area contributed by atoms with Crippen molar-refractivity contribution in [2.45, 2.75) is 0 Å². The van der Waals surface area contributed by atoms with Crippen molar-refractivity contribution in [1.82, 2.24) is 14.8 Å². The van der Waals surface area contributed by atoms with Gasteiger partial charge in [-0.15, -0.1) is 0 Å². The molecule has 0 atom stereocenters. The molecular weight excluding hydrogens is 344 g/mol. The summed E-state index contributed by atoms with van der Waals surface area (Å²) in [6, 6.07) is 10.0. The molecule has 0 aliphatic carbocycles. The van der Waals surface area contributed by atoms with Gasteiger partial charge < -0.3 is 14.8 Å². The van der Waals surface area contributed by atoms with Crippen LogP contribution in [-0.4, -0.2) is 34.9 Å². The summed E-state index contributed by atoms with van der Waals surface area (Å²) in [6.45, 7) is 0. The number of ether oxygens (including phenoxy) is 2. The molecular formula is C17H15ClN4O3. The van der Waals surface area contributed by atoms with Gasteiger partial charge in [-0.05, 0) is 30.3 Å². The van der Waals surface area contributed by atoms with Crippen LogP contribution in [0.2, 0.25) is 5.02 Å². The zero-order valence-electron chi connectivity index (χ0n) is 13.6. The van der Waals surface area contributed by atoms with Crippen LogP contribution in [0.3, 0.4) is 0 Å². The van der Waals surface area contributed by atoms with E-state index in [1.165, 1.54) is 31.6 Å². The standard InChI is InChI=1S/C17H15ClN4O3/c1-24-13-5-11(6-14(8-13)25-2)17(23)21-15-7-12(18)3-4-16(15)22-10-19-9-20-22/h3-10H,1-2H3,(H,21,23). The van der Waals surface area contributed by atoms with Gasteiger partial charge >= 0.3 is 0 Å². The maximum Gasteiger partial charge on any atom is 0.255 e. The van der Waals surface area contributed by atoms with Gasteiger partial charge in [0.2, 0.25) is 0 Å². The minimum Gasteiger partial charge on any atom is -0.497 e. The molecule has 1 aromatic heterocycles. The first-order valence-electron chi connectivity index (χ1n) is 7.29. The number of halogens is 1. The Morgan fingerprint density at radius 2 is 1.84 bits per heavy atom. The number of carbonyl (C=O) groups excluding carboxylic acids is 1. The van der Waals surface area contributed by atoms with Crippen LogP contribution in [0.25, 0.3) is 5.69 Å². The van der Waals surface area contributed by atoms with E-state index in [0.717, 1.165) is 0 Å². The number of rotatable bonds is 5. The third kappa shape index (κ3) is 3.72. The van der Waals surface area contributed by atoms with E-state index < -0.39 is 0 Å². The lowest BCUT2D eigenvalue weighted by Gasteiger charge is -2.12. The summed E-state index contributed by atoms with van der Waals surface area (Å²) in [5, 5.41) is 7.41. The molecule has 0 aliphatic heterocycles. The first kappa shape index (κ1) is 16.8. The van der Waals surface area contributed by atoms with Crippen LogP contribution >= 0.6 is 11.6 Å². The number of nitrogens with zero attached hydrogens (tertiary/aromatic N) is 3. The molecule has 0 bridgehead atoms. The number of nitrogens with one attached hydrogen (secondary N) is 1. The molecule has 3 aromatic rings. The van der Waals surface area contributed by atoms with Crippen molar-refractivity contribution in [3.63, 3.8) is 0 Å². The van der Waals surface area contributed by atoms with E-state index in [1.807, 2.05) is 0 Å². The maximum atomic E-state index is 12.7. The Morgan fingerprint density at radius 3 is 2.44 bits per heavy atom. The number of benzene rings is 2. The van der Waals surface area contributed by atoms with E-state index in [9.17, 15) is 4.79 Å². The molecule has 2 aromatic carbocycles. The molecule has 1 heterocycles. The normalized spacial score (nSPS) is 10.4. The fourth-order valence-corrected chi connectivity index (χ4v) is 2.45. The van der Waals surface area contributed by atoms with Crippen molar-refractivity contribution in [1.29, 1.82) is 0 Å². The van der Waals surface area contributed by atoms with Gasteiger partial charge in [0, 0.05) is 16.7 Å². The fraction of sp³-hybridized carbons (Fsp3) is 0.118. The highest BCUT2D eigenvalue weighted by atomic mass is 35.5. The minimum atomic E-state index is -0.333.